The normalized spacial score (nSPS) is 26.7. The number of ketones is 1. The Morgan fingerprint density at radius 2 is 2.27 bits per heavy atom. The molecule has 0 radical (unpaired) electrons. The van der Waals surface area contributed by atoms with Crippen LogP contribution >= 0.6 is 0 Å². The average Bonchev–Trinajstić information content (AvgIpc) is 2.18. The zero-order valence-corrected chi connectivity index (χ0v) is 10.2. The first-order valence-electron chi connectivity index (χ1n) is 5.82. The molecule has 1 aliphatic rings. The van der Waals surface area contributed by atoms with Crippen LogP contribution in [0.5, 0.6) is 0 Å². The number of Topliss-reactive ketones (excluding diaryl/α,β-unsaturated/α-hetero) is 1. The van der Waals surface area contributed by atoms with Crippen LogP contribution < -0.4 is 0 Å². The minimum absolute atomic E-state index is 0.246. The minimum Gasteiger partial charge on any atom is -0.300 e. The van der Waals surface area contributed by atoms with Crippen molar-refractivity contribution in [2.45, 2.75) is 52.9 Å². The molecule has 84 valence electrons. The average molecular weight is 206 g/mol. The lowest BCUT2D eigenvalue weighted by molar-refractivity contribution is -0.116. The fourth-order valence-electron chi connectivity index (χ4n) is 1.93. The molecule has 0 aromatic rings. The van der Waals surface area contributed by atoms with E-state index in [2.05, 4.69) is 26.0 Å². The molecule has 1 unspecified atom stereocenters. The third kappa shape index (κ3) is 4.46. The molecule has 0 N–H and O–H groups in total. The highest BCUT2D eigenvalue weighted by atomic mass is 16.1. The first-order chi connectivity index (χ1) is 7.02. The first kappa shape index (κ1) is 12.2. The van der Waals surface area contributed by atoms with Crippen LogP contribution in [0.1, 0.15) is 52.9 Å². The summed E-state index contributed by atoms with van der Waals surface area (Å²) in [6.45, 7) is 6.19. The van der Waals surface area contributed by atoms with Gasteiger partial charge in [0.25, 0.3) is 0 Å². The Balaban J connectivity index is 2.38. The molecule has 1 heteroatoms. The smallest absolute Gasteiger partial charge is 0.133 e. The van der Waals surface area contributed by atoms with Crippen LogP contribution in [0.4, 0.5) is 0 Å². The topological polar surface area (TPSA) is 17.1 Å². The van der Waals surface area contributed by atoms with Crippen LogP contribution in [-0.2, 0) is 4.79 Å². The highest BCUT2D eigenvalue weighted by Gasteiger charge is 2.24. The maximum absolute atomic E-state index is 10.8. The molecule has 1 aliphatic carbocycles. The van der Waals surface area contributed by atoms with E-state index in [1.807, 2.05) is 6.08 Å². The van der Waals surface area contributed by atoms with E-state index in [0.717, 1.165) is 6.42 Å². The number of carbonyl (C=O) groups excluding carboxylic acids is 1. The van der Waals surface area contributed by atoms with E-state index in [4.69, 9.17) is 0 Å². The van der Waals surface area contributed by atoms with E-state index in [9.17, 15) is 4.79 Å². The highest BCUT2D eigenvalue weighted by Crippen LogP contribution is 2.38. The lowest BCUT2D eigenvalue weighted by Crippen LogP contribution is -2.17. The Bertz CT molecular complexity index is 286. The first-order valence-corrected chi connectivity index (χ1v) is 5.82. The second-order valence-corrected chi connectivity index (χ2v) is 5.15. The summed E-state index contributed by atoms with van der Waals surface area (Å²) in [5.74, 6) is 0.246. The quantitative estimate of drug-likeness (QED) is 0.634. The molecule has 0 spiro atoms. The Hall–Kier alpha value is -0.850. The summed E-state index contributed by atoms with van der Waals surface area (Å²) in [5.41, 5.74) is 1.95. The standard InChI is InChI=1S/C14H22O/c1-12-7-10-14(3,11-8-12)9-5-4-6-13(2)15/h4-5,7H,6,8-11H2,1-3H3/b5-4+. The van der Waals surface area contributed by atoms with Crippen molar-refractivity contribution in [1.29, 1.82) is 0 Å². The van der Waals surface area contributed by atoms with Gasteiger partial charge in [0.05, 0.1) is 0 Å². The fourth-order valence-corrected chi connectivity index (χ4v) is 1.93. The van der Waals surface area contributed by atoms with Crippen molar-refractivity contribution >= 4 is 5.78 Å². The molecule has 1 atom stereocenters. The second kappa shape index (κ2) is 5.29. The molecule has 0 amide bonds. The van der Waals surface area contributed by atoms with Gasteiger partial charge >= 0.3 is 0 Å². The number of carbonyl (C=O) groups is 1. The number of allylic oxidation sites excluding steroid dienone is 4. The molecule has 0 aliphatic heterocycles. The Labute approximate surface area is 93.3 Å². The molecule has 1 rings (SSSR count). The summed E-state index contributed by atoms with van der Waals surface area (Å²) in [4.78, 5) is 10.8. The van der Waals surface area contributed by atoms with Crippen molar-refractivity contribution in [2.24, 2.45) is 5.41 Å². The molecule has 15 heavy (non-hydrogen) atoms. The third-order valence-electron chi connectivity index (χ3n) is 3.25. The Morgan fingerprint density at radius 3 is 2.80 bits per heavy atom. The fraction of sp³-hybridized carbons (Fsp3) is 0.643. The Kier molecular flexibility index (Phi) is 4.31. The van der Waals surface area contributed by atoms with E-state index in [0.29, 0.717) is 11.8 Å². The summed E-state index contributed by atoms with van der Waals surface area (Å²) < 4.78 is 0. The maximum Gasteiger partial charge on any atom is 0.133 e. The van der Waals surface area contributed by atoms with E-state index in [-0.39, 0.29) is 5.78 Å². The predicted octanol–water partition coefficient (Wildman–Crippen LogP) is 4.05. The predicted molar refractivity (Wildman–Crippen MR) is 64.8 cm³/mol. The second-order valence-electron chi connectivity index (χ2n) is 5.15. The van der Waals surface area contributed by atoms with Gasteiger partial charge in [0.15, 0.2) is 0 Å². The number of hydrogen-bond donors (Lipinski definition) is 0. The monoisotopic (exact) mass is 206 g/mol. The summed E-state index contributed by atoms with van der Waals surface area (Å²) >= 11 is 0. The summed E-state index contributed by atoms with van der Waals surface area (Å²) in [5, 5.41) is 0. The highest BCUT2D eigenvalue weighted by molar-refractivity contribution is 5.76. The van der Waals surface area contributed by atoms with Crippen LogP contribution in [0.15, 0.2) is 23.8 Å². The van der Waals surface area contributed by atoms with Gasteiger partial charge in [0, 0.05) is 6.42 Å². The summed E-state index contributed by atoms with van der Waals surface area (Å²) in [6.07, 6.45) is 11.9. The Morgan fingerprint density at radius 1 is 1.53 bits per heavy atom. The molecule has 0 saturated heterocycles. The van der Waals surface area contributed by atoms with Gasteiger partial charge in [-0.1, -0.05) is 30.7 Å². The van der Waals surface area contributed by atoms with E-state index >= 15 is 0 Å². The molecule has 0 aromatic heterocycles. The van der Waals surface area contributed by atoms with Crippen molar-refractivity contribution in [3.8, 4) is 0 Å². The zero-order valence-electron chi connectivity index (χ0n) is 10.2. The van der Waals surface area contributed by atoms with Gasteiger partial charge < -0.3 is 0 Å². The molecular weight excluding hydrogens is 184 g/mol. The van der Waals surface area contributed by atoms with Gasteiger partial charge in [-0.2, -0.15) is 0 Å². The molecule has 0 saturated carbocycles. The SMILES string of the molecule is CC(=O)C/C=C/CC1(C)CC=C(C)CC1. The molecule has 0 aromatic carbocycles. The van der Waals surface area contributed by atoms with E-state index in [1.54, 1.807) is 6.92 Å². The van der Waals surface area contributed by atoms with E-state index in [1.165, 1.54) is 24.8 Å². The van der Waals surface area contributed by atoms with Gasteiger partial charge in [-0.05, 0) is 44.9 Å². The number of hydrogen-bond acceptors (Lipinski definition) is 1. The lowest BCUT2D eigenvalue weighted by atomic mass is 9.74. The van der Waals surface area contributed by atoms with Gasteiger partial charge in [-0.3, -0.25) is 4.79 Å². The summed E-state index contributed by atoms with van der Waals surface area (Å²) in [6, 6.07) is 0. The van der Waals surface area contributed by atoms with Gasteiger partial charge in [0.2, 0.25) is 0 Å². The van der Waals surface area contributed by atoms with Crippen molar-refractivity contribution in [2.75, 3.05) is 0 Å². The van der Waals surface area contributed by atoms with E-state index < -0.39 is 0 Å². The van der Waals surface area contributed by atoms with Crippen LogP contribution in [0.25, 0.3) is 0 Å². The van der Waals surface area contributed by atoms with Gasteiger partial charge in [-0.25, -0.2) is 0 Å². The van der Waals surface area contributed by atoms with Gasteiger partial charge in [-0.15, -0.1) is 0 Å². The maximum atomic E-state index is 10.8. The van der Waals surface area contributed by atoms with Gasteiger partial charge in [0.1, 0.15) is 5.78 Å². The zero-order chi connectivity index (χ0) is 11.3. The van der Waals surface area contributed by atoms with Crippen molar-refractivity contribution in [3.63, 3.8) is 0 Å². The minimum atomic E-state index is 0.246. The van der Waals surface area contributed by atoms with Crippen molar-refractivity contribution in [3.05, 3.63) is 23.8 Å². The largest absolute Gasteiger partial charge is 0.300 e. The van der Waals surface area contributed by atoms with Crippen LogP contribution in [0.2, 0.25) is 0 Å². The molecule has 1 nitrogen and oxygen atoms in total. The van der Waals surface area contributed by atoms with Crippen LogP contribution in [0, 0.1) is 5.41 Å². The molecule has 0 heterocycles. The van der Waals surface area contributed by atoms with Crippen LogP contribution in [-0.4, -0.2) is 5.78 Å². The lowest BCUT2D eigenvalue weighted by Gasteiger charge is -2.31. The molecule has 0 fully saturated rings. The van der Waals surface area contributed by atoms with Crippen molar-refractivity contribution in [1.82, 2.24) is 0 Å². The molecular formula is C14H22O. The summed E-state index contributed by atoms with van der Waals surface area (Å²) in [7, 11) is 0. The molecule has 0 bridgehead atoms. The van der Waals surface area contributed by atoms with Crippen LogP contribution in [0.3, 0.4) is 0 Å². The number of rotatable bonds is 4. The third-order valence-corrected chi connectivity index (χ3v) is 3.25. The van der Waals surface area contributed by atoms with Crippen molar-refractivity contribution < 1.29 is 4.79 Å².